The molecule has 10 heteroatoms. The van der Waals surface area contributed by atoms with E-state index in [1.165, 1.54) is 36.4 Å². The van der Waals surface area contributed by atoms with Crippen LogP contribution in [0.25, 0.3) is 0 Å². The molecule has 0 bridgehead atoms. The molecule has 0 saturated carbocycles. The lowest BCUT2D eigenvalue weighted by atomic mass is 9.84. The van der Waals surface area contributed by atoms with E-state index in [0.29, 0.717) is 47.1 Å². The van der Waals surface area contributed by atoms with Crippen molar-refractivity contribution in [3.8, 4) is 23.0 Å². The number of anilines is 2. The molecule has 1 unspecified atom stereocenters. The van der Waals surface area contributed by atoms with Crippen LogP contribution in [0.15, 0.2) is 97.1 Å². The topological polar surface area (TPSA) is 70.5 Å². The minimum Gasteiger partial charge on any atom is -0.457 e. The molecule has 0 amide bonds. The lowest BCUT2D eigenvalue weighted by Crippen LogP contribution is -2.51. The molecule has 0 aliphatic heterocycles. The highest BCUT2D eigenvalue weighted by Crippen LogP contribution is 2.57. The van der Waals surface area contributed by atoms with Crippen molar-refractivity contribution < 1.29 is 35.8 Å². The summed E-state index contributed by atoms with van der Waals surface area (Å²) in [5.41, 5.74) is 4.60. The molecule has 0 aliphatic rings. The first-order valence-corrected chi connectivity index (χ1v) is 10.8. The first kappa shape index (κ1) is 25.7. The van der Waals surface area contributed by atoms with Crippen molar-refractivity contribution in [1.82, 2.24) is 0 Å². The Morgan fingerprint density at radius 1 is 0.432 bits per heavy atom. The smallest absolute Gasteiger partial charge is 0.433 e. The zero-order valence-corrected chi connectivity index (χ0v) is 19.0. The largest absolute Gasteiger partial charge is 0.457 e. The Morgan fingerprint density at radius 2 is 0.730 bits per heavy atom. The molecular formula is C27H20F6N2O2. The van der Waals surface area contributed by atoms with Gasteiger partial charge in [-0.2, -0.15) is 22.0 Å². The summed E-state index contributed by atoms with van der Waals surface area (Å²) in [6.07, 6.45) is -5.95. The zero-order valence-electron chi connectivity index (χ0n) is 19.0. The van der Waals surface area contributed by atoms with Crippen molar-refractivity contribution in [2.75, 3.05) is 11.5 Å². The van der Waals surface area contributed by atoms with Crippen molar-refractivity contribution in [2.24, 2.45) is 0 Å². The number of halogens is 6. The standard InChI is InChI=1S/C27H20F6N2O2/c28-25(27(31,32)33,17-1-9-21(10-2-17)36-23-13-5-19(34)6-14-23)26(29,30)18-3-11-22(12-4-18)37-24-15-7-20(35)8-16-24/h1-16H,34-35H2. The van der Waals surface area contributed by atoms with E-state index in [4.69, 9.17) is 20.9 Å². The van der Waals surface area contributed by atoms with Crippen LogP contribution >= 0.6 is 0 Å². The number of ether oxygens (including phenoxy) is 2. The van der Waals surface area contributed by atoms with Crippen LogP contribution in [0.3, 0.4) is 0 Å². The normalized spacial score (nSPS) is 13.6. The molecule has 0 spiro atoms. The third kappa shape index (κ3) is 5.13. The minimum atomic E-state index is -5.95. The fourth-order valence-electron chi connectivity index (χ4n) is 3.55. The molecule has 4 rings (SSSR count). The minimum absolute atomic E-state index is 0.0190. The van der Waals surface area contributed by atoms with Crippen LogP contribution in [0.4, 0.5) is 37.7 Å². The lowest BCUT2D eigenvalue weighted by Gasteiger charge is -2.35. The van der Waals surface area contributed by atoms with Crippen LogP contribution in [0, 0.1) is 0 Å². The van der Waals surface area contributed by atoms with Gasteiger partial charge in [0.1, 0.15) is 23.0 Å². The Balaban J connectivity index is 1.61. The third-order valence-corrected chi connectivity index (χ3v) is 5.52. The van der Waals surface area contributed by atoms with Crippen LogP contribution in [0.5, 0.6) is 23.0 Å². The summed E-state index contributed by atoms with van der Waals surface area (Å²) in [5, 5.41) is 0. The van der Waals surface area contributed by atoms with Crippen molar-refractivity contribution in [3.63, 3.8) is 0 Å². The number of alkyl halides is 6. The first-order valence-electron chi connectivity index (χ1n) is 10.8. The Bertz CT molecular complexity index is 1340. The van der Waals surface area contributed by atoms with Gasteiger partial charge in [0.25, 0.3) is 5.67 Å². The molecule has 0 radical (unpaired) electrons. The van der Waals surface area contributed by atoms with E-state index >= 15 is 13.2 Å². The van der Waals surface area contributed by atoms with E-state index in [0.717, 1.165) is 24.3 Å². The van der Waals surface area contributed by atoms with Gasteiger partial charge in [-0.1, -0.05) is 12.1 Å². The average Bonchev–Trinajstić information content (AvgIpc) is 2.86. The molecule has 37 heavy (non-hydrogen) atoms. The second kappa shape index (κ2) is 9.61. The predicted molar refractivity (Wildman–Crippen MR) is 127 cm³/mol. The third-order valence-electron chi connectivity index (χ3n) is 5.52. The van der Waals surface area contributed by atoms with Gasteiger partial charge in [0, 0.05) is 22.5 Å². The van der Waals surface area contributed by atoms with Crippen LogP contribution in [0.1, 0.15) is 11.1 Å². The molecule has 0 fully saturated rings. The fourth-order valence-corrected chi connectivity index (χ4v) is 3.55. The number of benzene rings is 4. The monoisotopic (exact) mass is 518 g/mol. The summed E-state index contributed by atoms with van der Waals surface area (Å²) >= 11 is 0. The Hall–Kier alpha value is -4.34. The second-order valence-corrected chi connectivity index (χ2v) is 8.12. The molecule has 4 nitrogen and oxygen atoms in total. The number of nitrogens with two attached hydrogens (primary N) is 2. The highest BCUT2D eigenvalue weighted by atomic mass is 19.4. The van der Waals surface area contributed by atoms with E-state index in [1.54, 1.807) is 12.1 Å². The second-order valence-electron chi connectivity index (χ2n) is 8.12. The fraction of sp³-hybridized carbons (Fsp3) is 0.111. The van der Waals surface area contributed by atoms with Gasteiger partial charge in [0.05, 0.1) is 0 Å². The van der Waals surface area contributed by atoms with Crippen LogP contribution in [-0.4, -0.2) is 6.18 Å². The first-order chi connectivity index (χ1) is 17.4. The van der Waals surface area contributed by atoms with Gasteiger partial charge in [-0.25, -0.2) is 4.39 Å². The summed E-state index contributed by atoms with van der Waals surface area (Å²) < 4.78 is 98.9. The highest BCUT2D eigenvalue weighted by Gasteiger charge is 2.72. The van der Waals surface area contributed by atoms with Crippen molar-refractivity contribution >= 4 is 11.4 Å². The van der Waals surface area contributed by atoms with Gasteiger partial charge in [-0.3, -0.25) is 0 Å². The van der Waals surface area contributed by atoms with Crippen molar-refractivity contribution in [1.29, 1.82) is 0 Å². The summed E-state index contributed by atoms with van der Waals surface area (Å²) in [5.74, 6) is -4.28. The van der Waals surface area contributed by atoms with E-state index in [9.17, 15) is 13.2 Å². The van der Waals surface area contributed by atoms with Gasteiger partial charge in [0.15, 0.2) is 0 Å². The van der Waals surface area contributed by atoms with E-state index < -0.39 is 28.9 Å². The molecule has 1 atom stereocenters. The number of nitrogen functional groups attached to an aromatic ring is 2. The highest BCUT2D eigenvalue weighted by molar-refractivity contribution is 5.45. The Kier molecular flexibility index (Phi) is 6.68. The van der Waals surface area contributed by atoms with Gasteiger partial charge >= 0.3 is 12.1 Å². The van der Waals surface area contributed by atoms with Crippen LogP contribution in [-0.2, 0) is 11.6 Å². The van der Waals surface area contributed by atoms with Gasteiger partial charge < -0.3 is 20.9 Å². The summed E-state index contributed by atoms with van der Waals surface area (Å²) in [6.45, 7) is 0. The molecule has 0 saturated heterocycles. The van der Waals surface area contributed by atoms with Crippen molar-refractivity contribution in [2.45, 2.75) is 17.8 Å². The molecule has 0 aliphatic carbocycles. The molecule has 4 N–H and O–H groups in total. The molecular weight excluding hydrogens is 498 g/mol. The predicted octanol–water partition coefficient (Wildman–Crippen LogP) is 7.95. The average molecular weight is 518 g/mol. The molecule has 0 aromatic heterocycles. The molecule has 0 heterocycles. The Morgan fingerprint density at radius 3 is 1.05 bits per heavy atom. The van der Waals surface area contributed by atoms with Gasteiger partial charge in [0.2, 0.25) is 0 Å². The summed E-state index contributed by atoms with van der Waals surface area (Å²) in [6, 6.07) is 18.8. The maximum Gasteiger partial charge on any atom is 0.433 e. The van der Waals surface area contributed by atoms with Crippen LogP contribution < -0.4 is 20.9 Å². The quantitative estimate of drug-likeness (QED) is 0.192. The van der Waals surface area contributed by atoms with E-state index in [-0.39, 0.29) is 11.5 Å². The zero-order chi connectivity index (χ0) is 26.8. The Labute approximate surface area is 208 Å². The number of rotatable bonds is 7. The van der Waals surface area contributed by atoms with Gasteiger partial charge in [-0.05, 0) is 84.9 Å². The molecule has 192 valence electrons. The number of hydrogen-bond acceptors (Lipinski definition) is 4. The number of hydrogen-bond donors (Lipinski definition) is 2. The maximum absolute atomic E-state index is 15.6. The summed E-state index contributed by atoms with van der Waals surface area (Å²) in [4.78, 5) is 0. The molecule has 4 aromatic carbocycles. The van der Waals surface area contributed by atoms with Gasteiger partial charge in [-0.15, -0.1) is 0 Å². The van der Waals surface area contributed by atoms with E-state index in [1.807, 2.05) is 0 Å². The van der Waals surface area contributed by atoms with Crippen LogP contribution in [0.2, 0.25) is 0 Å². The molecule has 4 aromatic rings. The van der Waals surface area contributed by atoms with E-state index in [2.05, 4.69) is 0 Å². The summed E-state index contributed by atoms with van der Waals surface area (Å²) in [7, 11) is 0. The lowest BCUT2D eigenvalue weighted by molar-refractivity contribution is -0.314. The SMILES string of the molecule is Nc1ccc(Oc2ccc(C(F)(F)C(F)(c3ccc(Oc4ccc(N)cc4)cc3)C(F)(F)F)cc2)cc1. The van der Waals surface area contributed by atoms with Crippen molar-refractivity contribution in [3.05, 3.63) is 108 Å². The maximum atomic E-state index is 15.6.